The zero-order chi connectivity index (χ0) is 11.2. The molecule has 0 radical (unpaired) electrons. The normalized spacial score (nSPS) is 42.9. The van der Waals surface area contributed by atoms with Crippen LogP contribution in [0.15, 0.2) is 30.3 Å². The second-order valence-electron chi connectivity index (χ2n) is 6.60. The number of hydrogen-bond acceptors (Lipinski definition) is 0. The Morgan fingerprint density at radius 1 is 0.882 bits per heavy atom. The minimum atomic E-state index is 1.02. The Morgan fingerprint density at radius 3 is 2.59 bits per heavy atom. The lowest BCUT2D eigenvalue weighted by atomic mass is 9.74. The van der Waals surface area contributed by atoms with Gasteiger partial charge in [0.15, 0.2) is 0 Å². The second kappa shape index (κ2) is 3.86. The standard InChI is InChI=1S/C17H22/c1-2-5-12(6-3-1)9-13-10-14-11-17(13)16-8-4-7-15(14)16/h1-3,5-6,13-17H,4,7-11H2. The SMILES string of the molecule is c1ccc(CC2CC3CC2C2CCCC32)cc1. The molecule has 90 valence electrons. The first-order valence-electron chi connectivity index (χ1n) is 7.46. The van der Waals surface area contributed by atoms with Gasteiger partial charge in [0.05, 0.1) is 0 Å². The third-order valence-corrected chi connectivity index (χ3v) is 5.91. The van der Waals surface area contributed by atoms with Gasteiger partial charge in [-0.15, -0.1) is 0 Å². The van der Waals surface area contributed by atoms with E-state index in [-0.39, 0.29) is 0 Å². The Hall–Kier alpha value is -0.780. The number of benzene rings is 1. The summed E-state index contributed by atoms with van der Waals surface area (Å²) in [5, 5.41) is 0. The van der Waals surface area contributed by atoms with E-state index >= 15 is 0 Å². The Balaban J connectivity index is 1.51. The summed E-state index contributed by atoms with van der Waals surface area (Å²) in [5.41, 5.74) is 1.57. The maximum Gasteiger partial charge on any atom is -0.0248 e. The minimum absolute atomic E-state index is 1.02. The highest BCUT2D eigenvalue weighted by atomic mass is 14.6. The van der Waals surface area contributed by atoms with Crippen molar-refractivity contribution in [2.24, 2.45) is 29.6 Å². The van der Waals surface area contributed by atoms with Crippen molar-refractivity contribution in [2.45, 2.75) is 38.5 Å². The molecule has 1 aromatic carbocycles. The van der Waals surface area contributed by atoms with Crippen LogP contribution < -0.4 is 0 Å². The van der Waals surface area contributed by atoms with E-state index in [0.29, 0.717) is 0 Å². The van der Waals surface area contributed by atoms with Crippen LogP contribution >= 0.6 is 0 Å². The third-order valence-electron chi connectivity index (χ3n) is 5.91. The molecular formula is C17H22. The summed E-state index contributed by atoms with van der Waals surface area (Å²) in [5.74, 6) is 5.49. The fourth-order valence-corrected chi connectivity index (χ4v) is 5.36. The molecule has 3 saturated carbocycles. The molecule has 0 amide bonds. The quantitative estimate of drug-likeness (QED) is 0.705. The molecule has 3 fully saturated rings. The zero-order valence-electron chi connectivity index (χ0n) is 10.5. The van der Waals surface area contributed by atoms with Gasteiger partial charge in [-0.3, -0.25) is 0 Å². The van der Waals surface area contributed by atoms with Crippen molar-refractivity contribution >= 4 is 0 Å². The zero-order valence-corrected chi connectivity index (χ0v) is 10.5. The predicted octanol–water partition coefficient (Wildman–Crippen LogP) is 4.30. The van der Waals surface area contributed by atoms with Crippen LogP contribution in [0.2, 0.25) is 0 Å². The monoisotopic (exact) mass is 226 g/mol. The van der Waals surface area contributed by atoms with Gasteiger partial charge in [-0.25, -0.2) is 0 Å². The fourth-order valence-electron chi connectivity index (χ4n) is 5.36. The van der Waals surface area contributed by atoms with Gasteiger partial charge in [0.25, 0.3) is 0 Å². The van der Waals surface area contributed by atoms with Crippen LogP contribution in [0.5, 0.6) is 0 Å². The Bertz CT molecular complexity index is 394. The molecule has 0 aromatic heterocycles. The van der Waals surface area contributed by atoms with E-state index in [1.165, 1.54) is 12.8 Å². The molecule has 17 heavy (non-hydrogen) atoms. The molecular weight excluding hydrogens is 204 g/mol. The van der Waals surface area contributed by atoms with E-state index in [2.05, 4.69) is 30.3 Å². The number of hydrogen-bond donors (Lipinski definition) is 0. The maximum atomic E-state index is 2.32. The topological polar surface area (TPSA) is 0 Å². The molecule has 0 N–H and O–H groups in total. The first-order chi connectivity index (χ1) is 8.42. The van der Waals surface area contributed by atoms with Crippen LogP contribution in [-0.4, -0.2) is 0 Å². The largest absolute Gasteiger partial charge is 0.0622 e. The molecule has 0 heterocycles. The molecule has 3 aliphatic rings. The van der Waals surface area contributed by atoms with Crippen molar-refractivity contribution in [3.8, 4) is 0 Å². The summed E-state index contributed by atoms with van der Waals surface area (Å²) in [6.45, 7) is 0. The first kappa shape index (κ1) is 10.2. The smallest absolute Gasteiger partial charge is 0.0248 e. The van der Waals surface area contributed by atoms with Gasteiger partial charge in [0.2, 0.25) is 0 Å². The molecule has 2 bridgehead atoms. The van der Waals surface area contributed by atoms with E-state index in [1.54, 1.807) is 31.2 Å². The van der Waals surface area contributed by atoms with Gasteiger partial charge in [0, 0.05) is 0 Å². The molecule has 5 unspecified atom stereocenters. The fraction of sp³-hybridized carbons (Fsp3) is 0.647. The van der Waals surface area contributed by atoms with E-state index in [0.717, 1.165) is 29.6 Å². The average molecular weight is 226 g/mol. The Morgan fingerprint density at radius 2 is 1.71 bits per heavy atom. The Kier molecular flexibility index (Phi) is 2.31. The number of fused-ring (bicyclic) bond motifs is 5. The lowest BCUT2D eigenvalue weighted by Crippen LogP contribution is -2.25. The van der Waals surface area contributed by atoms with Crippen LogP contribution in [0.1, 0.15) is 37.7 Å². The van der Waals surface area contributed by atoms with Gasteiger partial charge in [0.1, 0.15) is 0 Å². The van der Waals surface area contributed by atoms with E-state index in [1.807, 2.05) is 0 Å². The van der Waals surface area contributed by atoms with Gasteiger partial charge in [-0.05, 0) is 67.3 Å². The van der Waals surface area contributed by atoms with E-state index < -0.39 is 0 Å². The summed E-state index contributed by atoms with van der Waals surface area (Å²) >= 11 is 0. The lowest BCUT2D eigenvalue weighted by molar-refractivity contribution is 0.188. The van der Waals surface area contributed by atoms with Crippen LogP contribution in [0.4, 0.5) is 0 Å². The van der Waals surface area contributed by atoms with Crippen molar-refractivity contribution in [3.63, 3.8) is 0 Å². The number of rotatable bonds is 2. The van der Waals surface area contributed by atoms with Crippen LogP contribution in [-0.2, 0) is 6.42 Å². The second-order valence-corrected chi connectivity index (χ2v) is 6.60. The highest BCUT2D eigenvalue weighted by Gasteiger charge is 2.53. The van der Waals surface area contributed by atoms with Gasteiger partial charge in [-0.1, -0.05) is 36.8 Å². The third kappa shape index (κ3) is 1.57. The van der Waals surface area contributed by atoms with E-state index in [4.69, 9.17) is 0 Å². The molecule has 0 heteroatoms. The molecule has 3 aliphatic carbocycles. The summed E-state index contributed by atoms with van der Waals surface area (Å²) in [6.07, 6.45) is 9.11. The summed E-state index contributed by atoms with van der Waals surface area (Å²) in [4.78, 5) is 0. The maximum absolute atomic E-state index is 2.32. The van der Waals surface area contributed by atoms with Crippen LogP contribution in [0.25, 0.3) is 0 Å². The average Bonchev–Trinajstić information content (AvgIpc) is 3.01. The summed E-state index contributed by atoms with van der Waals surface area (Å²) < 4.78 is 0. The first-order valence-corrected chi connectivity index (χ1v) is 7.46. The van der Waals surface area contributed by atoms with Gasteiger partial charge >= 0.3 is 0 Å². The predicted molar refractivity (Wildman–Crippen MR) is 70.7 cm³/mol. The summed E-state index contributed by atoms with van der Waals surface area (Å²) in [7, 11) is 0. The molecule has 0 saturated heterocycles. The molecule has 0 spiro atoms. The van der Waals surface area contributed by atoms with Gasteiger partial charge in [-0.2, -0.15) is 0 Å². The van der Waals surface area contributed by atoms with Crippen molar-refractivity contribution in [1.29, 1.82) is 0 Å². The minimum Gasteiger partial charge on any atom is -0.0622 e. The van der Waals surface area contributed by atoms with Crippen molar-refractivity contribution < 1.29 is 0 Å². The molecule has 1 aromatic rings. The molecule has 0 aliphatic heterocycles. The van der Waals surface area contributed by atoms with Crippen molar-refractivity contribution in [2.75, 3.05) is 0 Å². The molecule has 0 nitrogen and oxygen atoms in total. The Labute approximate surface area is 104 Å². The van der Waals surface area contributed by atoms with Gasteiger partial charge < -0.3 is 0 Å². The molecule has 5 atom stereocenters. The highest BCUT2D eigenvalue weighted by molar-refractivity contribution is 5.17. The van der Waals surface area contributed by atoms with Crippen LogP contribution in [0.3, 0.4) is 0 Å². The molecule has 4 rings (SSSR count). The van der Waals surface area contributed by atoms with Crippen molar-refractivity contribution in [3.05, 3.63) is 35.9 Å². The van der Waals surface area contributed by atoms with Crippen LogP contribution in [0, 0.1) is 29.6 Å². The van der Waals surface area contributed by atoms with E-state index in [9.17, 15) is 0 Å². The highest BCUT2D eigenvalue weighted by Crippen LogP contribution is 2.61. The van der Waals surface area contributed by atoms with Crippen molar-refractivity contribution in [1.82, 2.24) is 0 Å². The summed E-state index contributed by atoms with van der Waals surface area (Å²) in [6, 6.07) is 11.2. The lowest BCUT2D eigenvalue weighted by Gasteiger charge is -2.31.